The van der Waals surface area contributed by atoms with Gasteiger partial charge < -0.3 is 9.64 Å². The Balaban J connectivity index is 2.52. The Labute approximate surface area is 105 Å². The van der Waals surface area contributed by atoms with Crippen LogP contribution in [-0.4, -0.2) is 34.5 Å². The van der Waals surface area contributed by atoms with E-state index >= 15 is 0 Å². The number of rotatable bonds is 0. The fourth-order valence-electron chi connectivity index (χ4n) is 1.54. The predicted octanol–water partition coefficient (Wildman–Crippen LogP) is 2.53. The van der Waals surface area contributed by atoms with Gasteiger partial charge in [-0.3, -0.25) is 0 Å². The van der Waals surface area contributed by atoms with E-state index in [9.17, 15) is 4.79 Å². The monoisotopic (exact) mass is 288 g/mol. The molecule has 1 rings (SSSR count). The van der Waals surface area contributed by atoms with Gasteiger partial charge in [-0.15, -0.1) is 0 Å². The van der Waals surface area contributed by atoms with E-state index in [-0.39, 0.29) is 16.8 Å². The molecule has 0 aliphatic carbocycles. The molecule has 1 aliphatic rings. The lowest BCUT2D eigenvalue weighted by Gasteiger charge is -2.34. The first-order chi connectivity index (χ1) is 7.33. The van der Waals surface area contributed by atoms with Crippen LogP contribution in [0.1, 0.15) is 27.2 Å². The minimum Gasteiger partial charge on any atom is -0.444 e. The number of halogens is 1. The molecule has 0 bridgehead atoms. The Morgan fingerprint density at radius 3 is 2.62 bits per heavy atom. The van der Waals surface area contributed by atoms with Gasteiger partial charge in [0.1, 0.15) is 5.60 Å². The summed E-state index contributed by atoms with van der Waals surface area (Å²) in [4.78, 5) is 13.4. The second-order valence-corrected chi connectivity index (χ2v) is 6.14. The molecule has 0 spiro atoms. The van der Waals surface area contributed by atoms with Gasteiger partial charge in [-0.1, -0.05) is 15.9 Å². The van der Waals surface area contributed by atoms with Gasteiger partial charge in [0.05, 0.1) is 12.0 Å². The second-order valence-electron chi connectivity index (χ2n) is 4.97. The molecule has 0 N–H and O–H groups in total. The van der Waals surface area contributed by atoms with Crippen molar-refractivity contribution in [3.05, 3.63) is 0 Å². The second kappa shape index (κ2) is 5.05. The molecule has 4 nitrogen and oxygen atoms in total. The smallest absolute Gasteiger partial charge is 0.410 e. The summed E-state index contributed by atoms with van der Waals surface area (Å²) in [5.41, 5.74) is -0.467. The molecule has 2 unspecified atom stereocenters. The highest BCUT2D eigenvalue weighted by atomic mass is 79.9. The van der Waals surface area contributed by atoms with E-state index < -0.39 is 5.60 Å². The van der Waals surface area contributed by atoms with Crippen molar-refractivity contribution >= 4 is 22.0 Å². The molecule has 0 aromatic rings. The van der Waals surface area contributed by atoms with Gasteiger partial charge in [-0.05, 0) is 27.2 Å². The van der Waals surface area contributed by atoms with Crippen molar-refractivity contribution in [2.24, 2.45) is 5.92 Å². The number of likely N-dealkylation sites (tertiary alicyclic amines) is 1. The van der Waals surface area contributed by atoms with Crippen LogP contribution >= 0.6 is 15.9 Å². The Hall–Kier alpha value is -0.760. The zero-order valence-electron chi connectivity index (χ0n) is 9.86. The van der Waals surface area contributed by atoms with E-state index in [1.807, 2.05) is 20.8 Å². The molecule has 5 heteroatoms. The number of nitrogens with zero attached hydrogens (tertiary/aromatic N) is 2. The summed E-state index contributed by atoms with van der Waals surface area (Å²) in [6.45, 7) is 6.66. The number of alkyl halides is 1. The SMILES string of the molecule is CC(C)(C)OC(=O)N1CCC(C#N)C(Br)C1. The van der Waals surface area contributed by atoms with Gasteiger partial charge in [0.15, 0.2) is 0 Å². The maximum Gasteiger partial charge on any atom is 0.410 e. The fourth-order valence-corrected chi connectivity index (χ4v) is 2.27. The summed E-state index contributed by atoms with van der Waals surface area (Å²) < 4.78 is 5.28. The molecule has 0 radical (unpaired) electrons. The van der Waals surface area contributed by atoms with E-state index in [1.165, 1.54) is 0 Å². The van der Waals surface area contributed by atoms with E-state index in [4.69, 9.17) is 10.00 Å². The quantitative estimate of drug-likeness (QED) is 0.644. The maximum absolute atomic E-state index is 11.8. The lowest BCUT2D eigenvalue weighted by molar-refractivity contribution is 0.0207. The third kappa shape index (κ3) is 3.67. The Kier molecular flexibility index (Phi) is 4.20. The Morgan fingerprint density at radius 2 is 2.19 bits per heavy atom. The molecular formula is C11H17BrN2O2. The van der Waals surface area contributed by atoms with E-state index in [1.54, 1.807) is 4.90 Å². The molecule has 16 heavy (non-hydrogen) atoms. The van der Waals surface area contributed by atoms with Crippen molar-refractivity contribution < 1.29 is 9.53 Å². The third-order valence-electron chi connectivity index (χ3n) is 2.36. The average molecular weight is 289 g/mol. The normalized spacial score (nSPS) is 26.1. The van der Waals surface area contributed by atoms with Gasteiger partial charge in [0, 0.05) is 17.9 Å². The van der Waals surface area contributed by atoms with Crippen molar-refractivity contribution in [3.8, 4) is 6.07 Å². The van der Waals surface area contributed by atoms with Crippen LogP contribution in [0.4, 0.5) is 4.79 Å². The first-order valence-electron chi connectivity index (χ1n) is 5.35. The van der Waals surface area contributed by atoms with E-state index in [2.05, 4.69) is 22.0 Å². The zero-order chi connectivity index (χ0) is 12.3. The molecule has 90 valence electrons. The van der Waals surface area contributed by atoms with Crippen molar-refractivity contribution in [3.63, 3.8) is 0 Å². The standard InChI is InChI=1S/C11H17BrN2O2/c1-11(2,3)16-10(15)14-5-4-8(6-13)9(12)7-14/h8-9H,4-5,7H2,1-3H3. The molecule has 0 saturated carbocycles. The van der Waals surface area contributed by atoms with Crippen LogP contribution in [-0.2, 0) is 4.74 Å². The fraction of sp³-hybridized carbons (Fsp3) is 0.818. The number of piperidine rings is 1. The summed E-state index contributed by atoms with van der Waals surface area (Å²) in [6, 6.07) is 2.24. The summed E-state index contributed by atoms with van der Waals surface area (Å²) in [7, 11) is 0. The van der Waals surface area contributed by atoms with Gasteiger partial charge in [0.25, 0.3) is 0 Å². The molecule has 1 fully saturated rings. The van der Waals surface area contributed by atoms with Gasteiger partial charge >= 0.3 is 6.09 Å². The van der Waals surface area contributed by atoms with Crippen LogP contribution in [0.25, 0.3) is 0 Å². The highest BCUT2D eigenvalue weighted by Crippen LogP contribution is 2.24. The largest absolute Gasteiger partial charge is 0.444 e. The van der Waals surface area contributed by atoms with Crippen molar-refractivity contribution in [1.29, 1.82) is 5.26 Å². The zero-order valence-corrected chi connectivity index (χ0v) is 11.5. The summed E-state index contributed by atoms with van der Waals surface area (Å²) in [5, 5.41) is 8.86. The number of carbonyl (C=O) groups excluding carboxylic acids is 1. The number of ether oxygens (including phenoxy) is 1. The maximum atomic E-state index is 11.8. The number of amides is 1. The third-order valence-corrected chi connectivity index (χ3v) is 3.29. The van der Waals surface area contributed by atoms with E-state index in [0.29, 0.717) is 19.5 Å². The van der Waals surface area contributed by atoms with Crippen LogP contribution in [0.15, 0.2) is 0 Å². The van der Waals surface area contributed by atoms with Crippen LogP contribution in [0.5, 0.6) is 0 Å². The summed E-state index contributed by atoms with van der Waals surface area (Å²) in [5.74, 6) is -0.0151. The summed E-state index contributed by atoms with van der Waals surface area (Å²) >= 11 is 3.43. The lowest BCUT2D eigenvalue weighted by Crippen LogP contribution is -2.46. The number of hydrogen-bond donors (Lipinski definition) is 0. The van der Waals surface area contributed by atoms with Crippen LogP contribution in [0, 0.1) is 17.2 Å². The van der Waals surface area contributed by atoms with Gasteiger partial charge in [0.2, 0.25) is 0 Å². The highest BCUT2D eigenvalue weighted by molar-refractivity contribution is 9.09. The Morgan fingerprint density at radius 1 is 1.56 bits per heavy atom. The average Bonchev–Trinajstić information content (AvgIpc) is 2.15. The van der Waals surface area contributed by atoms with Crippen LogP contribution < -0.4 is 0 Å². The van der Waals surface area contributed by atoms with Crippen molar-refractivity contribution in [2.45, 2.75) is 37.6 Å². The predicted molar refractivity (Wildman–Crippen MR) is 64.2 cm³/mol. The topological polar surface area (TPSA) is 53.3 Å². The molecule has 1 heterocycles. The summed E-state index contributed by atoms with van der Waals surface area (Å²) in [6.07, 6.45) is 0.402. The molecule has 2 atom stereocenters. The van der Waals surface area contributed by atoms with Crippen LogP contribution in [0.3, 0.4) is 0 Å². The molecule has 1 saturated heterocycles. The molecular weight excluding hydrogens is 272 g/mol. The van der Waals surface area contributed by atoms with Crippen LogP contribution in [0.2, 0.25) is 0 Å². The van der Waals surface area contributed by atoms with Crippen molar-refractivity contribution in [1.82, 2.24) is 4.90 Å². The first kappa shape index (κ1) is 13.3. The lowest BCUT2D eigenvalue weighted by atomic mass is 9.99. The van der Waals surface area contributed by atoms with E-state index in [0.717, 1.165) is 0 Å². The first-order valence-corrected chi connectivity index (χ1v) is 6.26. The molecule has 1 amide bonds. The van der Waals surface area contributed by atoms with Gasteiger partial charge in [-0.25, -0.2) is 4.79 Å². The molecule has 0 aromatic heterocycles. The minimum absolute atomic E-state index is 0.0151. The number of nitriles is 1. The molecule has 1 aliphatic heterocycles. The number of hydrogen-bond acceptors (Lipinski definition) is 3. The minimum atomic E-state index is -0.467. The number of carbonyl (C=O) groups is 1. The Bertz CT molecular complexity index is 306. The van der Waals surface area contributed by atoms with Gasteiger partial charge in [-0.2, -0.15) is 5.26 Å². The highest BCUT2D eigenvalue weighted by Gasteiger charge is 2.31. The van der Waals surface area contributed by atoms with Crippen molar-refractivity contribution in [2.75, 3.05) is 13.1 Å². The molecule has 0 aromatic carbocycles.